The molecule has 0 aliphatic carbocycles. The Morgan fingerprint density at radius 2 is 1.70 bits per heavy atom. The number of amides is 1. The minimum atomic E-state index is -2.33. The van der Waals surface area contributed by atoms with Gasteiger partial charge in [0.1, 0.15) is 11.8 Å². The Hall–Kier alpha value is -3.99. The van der Waals surface area contributed by atoms with E-state index in [0.717, 1.165) is 51.1 Å². The predicted molar refractivity (Wildman–Crippen MR) is 230 cm³/mol. The molecule has 3 N–H and O–H groups in total. The number of aryl methyl sites for hydroxylation is 1. The van der Waals surface area contributed by atoms with Gasteiger partial charge in [-0.25, -0.2) is 5.43 Å². The third-order valence-electron chi connectivity index (χ3n) is 12.2. The molecule has 1 amide bonds. The molecule has 2 aliphatic heterocycles. The van der Waals surface area contributed by atoms with Crippen molar-refractivity contribution in [1.29, 1.82) is 0 Å². The standard InChI is InChI=1S/C46H65N5O4Si/c1-12-50-41-18-17-33-25-37(41)38(43(50)36-15-13-19-48-42(36)28(2)3)26-46(10,11)27-54-45(53)40-16-14-20-51(49-40)44(52)39(47)23-32-21-34(33)24-35(22-32)55-56(29(4)5,30(6)7)31(8)9/h13,15,17-19,21-22,24-25,28-31,39-40,49H,12,14,16,20,23,26-27,47H2,1-11H3/t39-,40-/m0/s1. The van der Waals surface area contributed by atoms with Crippen molar-refractivity contribution in [3.8, 4) is 28.1 Å². The number of nitrogens with zero attached hydrogens (tertiary/aromatic N) is 3. The summed E-state index contributed by atoms with van der Waals surface area (Å²) in [6.45, 7) is 26.2. The molecule has 0 radical (unpaired) electrons. The molecule has 1 fully saturated rings. The third-order valence-corrected chi connectivity index (χ3v) is 18.2. The summed E-state index contributed by atoms with van der Waals surface area (Å²) < 4.78 is 15.8. The lowest BCUT2D eigenvalue weighted by molar-refractivity contribution is -0.154. The number of pyridine rings is 1. The highest BCUT2D eigenvalue weighted by molar-refractivity contribution is 6.78. The largest absolute Gasteiger partial charge is 0.543 e. The van der Waals surface area contributed by atoms with Crippen LogP contribution in [0.25, 0.3) is 33.3 Å². The molecule has 10 heteroatoms. The van der Waals surface area contributed by atoms with Crippen molar-refractivity contribution in [3.63, 3.8) is 0 Å². The molecule has 6 bridgehead atoms. The maximum Gasteiger partial charge on any atom is 0.324 e. The van der Waals surface area contributed by atoms with Gasteiger partial charge in [-0.05, 0) is 114 Å². The molecule has 4 heterocycles. The van der Waals surface area contributed by atoms with E-state index in [1.54, 1.807) is 0 Å². The summed E-state index contributed by atoms with van der Waals surface area (Å²) in [5.41, 5.74) is 19.4. The number of esters is 1. The molecular formula is C46H65N5O4Si. The van der Waals surface area contributed by atoms with Gasteiger partial charge in [0.15, 0.2) is 0 Å². The Balaban J connectivity index is 1.61. The van der Waals surface area contributed by atoms with Crippen molar-refractivity contribution in [1.82, 2.24) is 20.0 Å². The van der Waals surface area contributed by atoms with Gasteiger partial charge in [-0.1, -0.05) is 81.4 Å². The Bertz CT molecular complexity index is 2050. The van der Waals surface area contributed by atoms with Crippen LogP contribution in [0.5, 0.6) is 5.75 Å². The number of hydrogen-bond donors (Lipinski definition) is 2. The van der Waals surface area contributed by atoms with E-state index in [4.69, 9.17) is 19.9 Å². The van der Waals surface area contributed by atoms with Gasteiger partial charge in [0.05, 0.1) is 24.0 Å². The summed E-state index contributed by atoms with van der Waals surface area (Å²) in [5.74, 6) is 0.479. The Morgan fingerprint density at radius 1 is 0.982 bits per heavy atom. The van der Waals surface area contributed by atoms with Gasteiger partial charge >= 0.3 is 5.97 Å². The van der Waals surface area contributed by atoms with E-state index < -0.39 is 25.8 Å². The SMILES string of the molecule is CCn1c(-c2cccnc2C(C)C)c2c3cc(ccc31)-c1cc(cc(O[Si](C(C)C)(C(C)C)C(C)C)c1)C[C@H](N)C(=O)N1CCC[C@H](N1)C(=O)OCC(C)(C)C2. The van der Waals surface area contributed by atoms with Crippen molar-refractivity contribution in [2.75, 3.05) is 13.2 Å². The summed E-state index contributed by atoms with van der Waals surface area (Å²) in [7, 11) is -2.33. The smallest absolute Gasteiger partial charge is 0.324 e. The number of benzene rings is 2. The van der Waals surface area contributed by atoms with Crippen LogP contribution in [0.3, 0.4) is 0 Å². The van der Waals surface area contributed by atoms with E-state index in [2.05, 4.69) is 129 Å². The van der Waals surface area contributed by atoms with Crippen LogP contribution >= 0.6 is 0 Å². The van der Waals surface area contributed by atoms with E-state index in [-0.39, 0.29) is 24.4 Å². The maximum atomic E-state index is 13.9. The van der Waals surface area contributed by atoms with Crippen LogP contribution in [0.2, 0.25) is 16.6 Å². The van der Waals surface area contributed by atoms with Crippen molar-refractivity contribution in [2.24, 2.45) is 11.1 Å². The van der Waals surface area contributed by atoms with Gasteiger partial charge in [-0.15, -0.1) is 0 Å². The fourth-order valence-corrected chi connectivity index (χ4v) is 14.8. The summed E-state index contributed by atoms with van der Waals surface area (Å²) in [5, 5.41) is 2.70. The summed E-state index contributed by atoms with van der Waals surface area (Å²) in [4.78, 5) is 32.4. The van der Waals surface area contributed by atoms with Gasteiger partial charge in [0, 0.05) is 41.2 Å². The first-order chi connectivity index (χ1) is 26.5. The number of cyclic esters (lactones) is 1. The van der Waals surface area contributed by atoms with Gasteiger partial charge in [-0.3, -0.25) is 19.6 Å². The number of rotatable bonds is 8. The van der Waals surface area contributed by atoms with Crippen LogP contribution < -0.4 is 15.6 Å². The Labute approximate surface area is 335 Å². The second-order valence-electron chi connectivity index (χ2n) is 18.3. The molecule has 0 unspecified atom stereocenters. The molecule has 0 saturated carbocycles. The minimum Gasteiger partial charge on any atom is -0.543 e. The number of ether oxygens (including phenoxy) is 1. The molecule has 56 heavy (non-hydrogen) atoms. The third kappa shape index (κ3) is 8.07. The van der Waals surface area contributed by atoms with E-state index >= 15 is 0 Å². The lowest BCUT2D eigenvalue weighted by Gasteiger charge is -2.42. The minimum absolute atomic E-state index is 0.227. The highest BCUT2D eigenvalue weighted by atomic mass is 28.4. The van der Waals surface area contributed by atoms with E-state index in [1.807, 2.05) is 12.3 Å². The first kappa shape index (κ1) is 41.6. The van der Waals surface area contributed by atoms with Crippen molar-refractivity contribution < 1.29 is 18.8 Å². The molecular weight excluding hydrogens is 715 g/mol. The number of hydrogen-bond acceptors (Lipinski definition) is 7. The lowest BCUT2D eigenvalue weighted by Crippen LogP contribution is -2.59. The molecule has 302 valence electrons. The van der Waals surface area contributed by atoms with Crippen molar-refractivity contribution in [2.45, 2.75) is 143 Å². The zero-order chi connectivity index (χ0) is 40.7. The van der Waals surface area contributed by atoms with E-state index in [1.165, 1.54) is 16.3 Å². The molecule has 6 rings (SSSR count). The Morgan fingerprint density at radius 3 is 2.36 bits per heavy atom. The number of nitrogens with two attached hydrogens (primary N) is 1. The quantitative estimate of drug-likeness (QED) is 0.135. The second kappa shape index (κ2) is 16.5. The van der Waals surface area contributed by atoms with Gasteiger partial charge in [0.2, 0.25) is 0 Å². The molecule has 2 atom stereocenters. The summed E-state index contributed by atoms with van der Waals surface area (Å²) in [6.07, 6.45) is 4.15. The highest BCUT2D eigenvalue weighted by Gasteiger charge is 2.47. The monoisotopic (exact) mass is 779 g/mol. The Kier molecular flexibility index (Phi) is 12.2. The molecule has 2 aromatic heterocycles. The van der Waals surface area contributed by atoms with Crippen molar-refractivity contribution in [3.05, 3.63) is 71.5 Å². The van der Waals surface area contributed by atoms with Gasteiger partial charge in [-0.2, -0.15) is 0 Å². The molecule has 2 aromatic carbocycles. The number of hydrazine groups is 1. The average molecular weight is 780 g/mol. The molecule has 0 spiro atoms. The highest BCUT2D eigenvalue weighted by Crippen LogP contribution is 2.45. The molecule has 2 aliphatic rings. The number of nitrogens with one attached hydrogen (secondary N) is 1. The fourth-order valence-electron chi connectivity index (χ4n) is 9.61. The number of carbonyl (C=O) groups excluding carboxylic acids is 2. The second-order valence-corrected chi connectivity index (χ2v) is 23.6. The topological polar surface area (TPSA) is 112 Å². The van der Waals surface area contributed by atoms with E-state index in [0.29, 0.717) is 48.9 Å². The van der Waals surface area contributed by atoms with Crippen LogP contribution in [-0.2, 0) is 33.7 Å². The van der Waals surface area contributed by atoms with Crippen LogP contribution in [0.15, 0.2) is 54.7 Å². The van der Waals surface area contributed by atoms with Crippen LogP contribution in [0, 0.1) is 5.41 Å². The number of fused-ring (bicyclic) bond motifs is 6. The van der Waals surface area contributed by atoms with E-state index in [9.17, 15) is 9.59 Å². The lowest BCUT2D eigenvalue weighted by atomic mass is 9.83. The average Bonchev–Trinajstić information content (AvgIpc) is 3.46. The molecule has 1 saturated heterocycles. The first-order valence-corrected chi connectivity index (χ1v) is 23.0. The van der Waals surface area contributed by atoms with Crippen LogP contribution in [0.1, 0.15) is 112 Å². The van der Waals surface area contributed by atoms with Crippen LogP contribution in [-0.4, -0.2) is 60.0 Å². The van der Waals surface area contributed by atoms with Crippen LogP contribution in [0.4, 0.5) is 0 Å². The predicted octanol–water partition coefficient (Wildman–Crippen LogP) is 9.56. The van der Waals surface area contributed by atoms with Crippen molar-refractivity contribution >= 4 is 31.1 Å². The maximum absolute atomic E-state index is 13.9. The molecule has 9 nitrogen and oxygen atoms in total. The number of carbonyl (C=O) groups is 2. The summed E-state index contributed by atoms with van der Waals surface area (Å²) >= 11 is 0. The zero-order valence-electron chi connectivity index (χ0n) is 35.7. The van der Waals surface area contributed by atoms with Gasteiger partial charge in [0.25, 0.3) is 14.2 Å². The molecule has 4 aromatic rings. The number of aromatic nitrogens is 2. The first-order valence-electron chi connectivity index (χ1n) is 20.9. The normalized spacial score (nSPS) is 19.6. The van der Waals surface area contributed by atoms with Gasteiger partial charge < -0.3 is 19.5 Å². The fraction of sp³-hybridized carbons (Fsp3) is 0.543. The summed E-state index contributed by atoms with van der Waals surface area (Å²) in [6, 6.07) is 16.0. The zero-order valence-corrected chi connectivity index (χ0v) is 36.7.